The Morgan fingerprint density at radius 2 is 1.59 bits per heavy atom. The molecule has 3 atom stereocenters. The van der Waals surface area contributed by atoms with Gasteiger partial charge in [0.25, 0.3) is 0 Å². The zero-order chi connectivity index (χ0) is 26.7. The van der Waals surface area contributed by atoms with Gasteiger partial charge < -0.3 is 19.3 Å². The van der Waals surface area contributed by atoms with Crippen molar-refractivity contribution in [1.82, 2.24) is 4.31 Å². The van der Waals surface area contributed by atoms with Gasteiger partial charge in [0.1, 0.15) is 0 Å². The number of methoxy groups -OCH3 is 3. The number of piperidine rings is 1. The highest BCUT2D eigenvalue weighted by Crippen LogP contribution is 2.48. The van der Waals surface area contributed by atoms with Gasteiger partial charge in [-0.15, -0.1) is 0 Å². The molecule has 1 aliphatic carbocycles. The molecule has 4 rings (SSSR count). The molecule has 2 aliphatic rings. The molecule has 0 spiro atoms. The van der Waals surface area contributed by atoms with Crippen molar-refractivity contribution in [1.29, 1.82) is 0 Å². The monoisotopic (exact) mass is 549 g/mol. The lowest BCUT2D eigenvalue weighted by molar-refractivity contribution is -0.143. The fraction of sp³-hybridized carbons (Fsp3) is 0.519. The number of aliphatic carboxylic acids is 1. The van der Waals surface area contributed by atoms with Gasteiger partial charge in [-0.25, -0.2) is 8.42 Å². The molecule has 202 valence electrons. The van der Waals surface area contributed by atoms with Gasteiger partial charge in [-0.05, 0) is 56.0 Å². The molecule has 1 heterocycles. The zero-order valence-electron chi connectivity index (χ0n) is 21.7. The molecule has 1 saturated heterocycles. The number of hydrogen-bond donors (Lipinski definition) is 1. The van der Waals surface area contributed by atoms with Crippen molar-refractivity contribution in [3.8, 4) is 17.2 Å². The van der Waals surface area contributed by atoms with Crippen molar-refractivity contribution in [2.75, 3.05) is 27.9 Å². The number of benzene rings is 2. The molecule has 0 amide bonds. The van der Waals surface area contributed by atoms with E-state index < -0.39 is 28.0 Å². The summed E-state index contributed by atoms with van der Waals surface area (Å²) in [5.74, 6) is -0.528. The number of ether oxygens (including phenoxy) is 3. The van der Waals surface area contributed by atoms with E-state index in [1.54, 1.807) is 48.2 Å². The van der Waals surface area contributed by atoms with Crippen LogP contribution in [0.1, 0.15) is 49.3 Å². The van der Waals surface area contributed by atoms with Gasteiger partial charge in [-0.3, -0.25) is 4.79 Å². The molecule has 0 bridgehead atoms. The van der Waals surface area contributed by atoms with Gasteiger partial charge >= 0.3 is 5.97 Å². The van der Waals surface area contributed by atoms with Crippen molar-refractivity contribution in [3.63, 3.8) is 0 Å². The smallest absolute Gasteiger partial charge is 0.308 e. The summed E-state index contributed by atoms with van der Waals surface area (Å²) >= 11 is 1.71. The van der Waals surface area contributed by atoms with Gasteiger partial charge in [0, 0.05) is 17.0 Å². The summed E-state index contributed by atoms with van der Waals surface area (Å²) in [5, 5.41) is 10.3. The van der Waals surface area contributed by atoms with Crippen LogP contribution in [-0.2, 0) is 14.8 Å². The number of carboxylic acids is 1. The first-order chi connectivity index (χ1) is 17.7. The van der Waals surface area contributed by atoms with Crippen LogP contribution in [0.5, 0.6) is 17.2 Å². The molecule has 1 aliphatic heterocycles. The summed E-state index contributed by atoms with van der Waals surface area (Å²) in [4.78, 5) is 12.6. The number of rotatable bonds is 9. The van der Waals surface area contributed by atoms with Gasteiger partial charge in [0.15, 0.2) is 11.5 Å². The number of carboxylic acid groups (broad SMARTS) is 1. The topological polar surface area (TPSA) is 102 Å². The van der Waals surface area contributed by atoms with E-state index in [-0.39, 0.29) is 16.7 Å². The summed E-state index contributed by atoms with van der Waals surface area (Å²) in [7, 11) is 0.546. The molecule has 2 aromatic carbocycles. The van der Waals surface area contributed by atoms with E-state index in [4.69, 9.17) is 14.2 Å². The van der Waals surface area contributed by atoms with Crippen LogP contribution >= 0.6 is 11.8 Å². The third kappa shape index (κ3) is 5.71. The summed E-state index contributed by atoms with van der Waals surface area (Å²) in [6, 6.07) is 9.58. The number of hydrogen-bond acceptors (Lipinski definition) is 7. The Labute approximate surface area is 223 Å². The quantitative estimate of drug-likeness (QED) is 0.471. The summed E-state index contributed by atoms with van der Waals surface area (Å²) in [6.07, 6.45) is 4.78. The van der Waals surface area contributed by atoms with Crippen molar-refractivity contribution in [2.24, 2.45) is 5.92 Å². The third-order valence-electron chi connectivity index (χ3n) is 7.31. The molecule has 0 aromatic heterocycles. The Hall–Kier alpha value is -2.43. The van der Waals surface area contributed by atoms with Crippen LogP contribution in [0.15, 0.2) is 41.3 Å². The van der Waals surface area contributed by atoms with E-state index in [0.29, 0.717) is 34.5 Å². The van der Waals surface area contributed by atoms with Crippen LogP contribution in [-0.4, -0.2) is 62.2 Å². The van der Waals surface area contributed by atoms with Gasteiger partial charge in [-0.2, -0.15) is 16.1 Å². The first-order valence-electron chi connectivity index (χ1n) is 12.5. The van der Waals surface area contributed by atoms with Crippen molar-refractivity contribution in [3.05, 3.63) is 47.5 Å². The van der Waals surface area contributed by atoms with Gasteiger partial charge in [0.05, 0.1) is 38.2 Å². The molecule has 8 nitrogen and oxygen atoms in total. The Morgan fingerprint density at radius 1 is 1.00 bits per heavy atom. The lowest BCUT2D eigenvalue weighted by Crippen LogP contribution is -2.49. The number of aryl methyl sites for hydroxylation is 1. The summed E-state index contributed by atoms with van der Waals surface area (Å²) in [5.41, 5.74) is 1.61. The number of carbonyl (C=O) groups is 1. The van der Waals surface area contributed by atoms with Gasteiger partial charge in [0.2, 0.25) is 15.8 Å². The lowest BCUT2D eigenvalue weighted by atomic mass is 9.90. The molecule has 10 heteroatoms. The fourth-order valence-electron chi connectivity index (χ4n) is 5.31. The zero-order valence-corrected chi connectivity index (χ0v) is 23.3. The molecule has 2 fully saturated rings. The average Bonchev–Trinajstić information content (AvgIpc) is 3.40. The maximum atomic E-state index is 14.0. The Bertz CT molecular complexity index is 1180. The van der Waals surface area contributed by atoms with Crippen molar-refractivity contribution in [2.45, 2.75) is 60.5 Å². The van der Waals surface area contributed by atoms with E-state index >= 15 is 0 Å². The van der Waals surface area contributed by atoms with E-state index in [1.807, 2.05) is 6.92 Å². The second-order valence-corrected chi connectivity index (χ2v) is 13.1. The van der Waals surface area contributed by atoms with Crippen LogP contribution in [0.3, 0.4) is 0 Å². The van der Waals surface area contributed by atoms with E-state index in [2.05, 4.69) is 0 Å². The maximum absolute atomic E-state index is 14.0. The molecule has 0 radical (unpaired) electrons. The van der Waals surface area contributed by atoms with Crippen LogP contribution in [0.4, 0.5) is 0 Å². The minimum atomic E-state index is -4.00. The molecule has 2 aromatic rings. The Balaban J connectivity index is 1.82. The van der Waals surface area contributed by atoms with Crippen molar-refractivity contribution >= 4 is 27.8 Å². The second-order valence-electron chi connectivity index (χ2n) is 9.62. The Kier molecular flexibility index (Phi) is 8.60. The van der Waals surface area contributed by atoms with Crippen LogP contribution in [0.2, 0.25) is 0 Å². The molecular weight excluding hydrogens is 514 g/mol. The first-order valence-corrected chi connectivity index (χ1v) is 14.8. The van der Waals surface area contributed by atoms with Crippen LogP contribution < -0.4 is 14.2 Å². The number of thioether (sulfide) groups is 1. The average molecular weight is 550 g/mol. The number of nitrogens with zero attached hydrogens (tertiary/aromatic N) is 1. The van der Waals surface area contributed by atoms with Crippen molar-refractivity contribution < 1.29 is 32.5 Å². The molecule has 1 saturated carbocycles. The van der Waals surface area contributed by atoms with E-state index in [9.17, 15) is 18.3 Å². The minimum absolute atomic E-state index is 0.114. The normalized spacial score (nSPS) is 23.1. The van der Waals surface area contributed by atoms with E-state index in [0.717, 1.165) is 31.2 Å². The highest BCUT2D eigenvalue weighted by atomic mass is 32.2. The first kappa shape index (κ1) is 27.6. The summed E-state index contributed by atoms with van der Waals surface area (Å²) in [6.45, 7) is 1.78. The predicted octanol–water partition coefficient (Wildman–Crippen LogP) is 4.90. The Morgan fingerprint density at radius 3 is 2.11 bits per heavy atom. The highest BCUT2D eigenvalue weighted by molar-refractivity contribution is 8.00. The maximum Gasteiger partial charge on any atom is 0.308 e. The molecule has 37 heavy (non-hydrogen) atoms. The SMILES string of the molecule is COc1cc([C@@H]2C[C@@H](SC3CCCC3)[C@H](C(=O)O)CN2S(=O)(=O)c2ccc(C)cc2)cc(OC)c1OC. The van der Waals surface area contributed by atoms with Crippen LogP contribution in [0.25, 0.3) is 0 Å². The van der Waals surface area contributed by atoms with Crippen LogP contribution in [0, 0.1) is 12.8 Å². The summed E-state index contributed by atoms with van der Waals surface area (Å²) < 4.78 is 45.9. The molecule has 1 N–H and O–H groups in total. The lowest BCUT2D eigenvalue weighted by Gasteiger charge is -2.42. The fourth-order valence-corrected chi connectivity index (χ4v) is 8.74. The highest BCUT2D eigenvalue weighted by Gasteiger charge is 2.46. The standard InChI is InChI=1S/C27H35NO7S2/c1-17-9-11-20(12-10-17)37(31,32)28-16-21(27(29)30)25(36-19-7-5-6-8-19)15-22(28)18-13-23(33-2)26(35-4)24(14-18)34-3/h9-14,19,21-22,25H,5-8,15-16H2,1-4H3,(H,29,30)/t21-,22+,25-/m1/s1. The van der Waals surface area contributed by atoms with Gasteiger partial charge in [-0.1, -0.05) is 30.5 Å². The molecular formula is C27H35NO7S2. The number of sulfonamides is 1. The second kappa shape index (κ2) is 11.5. The minimum Gasteiger partial charge on any atom is -0.493 e. The van der Waals surface area contributed by atoms with E-state index in [1.165, 1.54) is 25.6 Å². The molecule has 0 unspecified atom stereocenters. The largest absolute Gasteiger partial charge is 0.493 e. The third-order valence-corrected chi connectivity index (χ3v) is 10.9. The predicted molar refractivity (Wildman–Crippen MR) is 143 cm³/mol.